The highest BCUT2D eigenvalue weighted by Crippen LogP contribution is 2.25. The molecule has 2 rings (SSSR count). The maximum atomic E-state index is 11.8. The molecule has 1 N–H and O–H groups in total. The van der Waals surface area contributed by atoms with Crippen molar-refractivity contribution >= 4 is 5.97 Å². The third-order valence-corrected chi connectivity index (χ3v) is 4.81. The first kappa shape index (κ1) is 15.8. The van der Waals surface area contributed by atoms with E-state index < -0.39 is 0 Å². The molecule has 20 heavy (non-hydrogen) atoms. The molecule has 0 aromatic rings. The van der Waals surface area contributed by atoms with Gasteiger partial charge in [-0.3, -0.25) is 4.79 Å². The fraction of sp³-hybridized carbons (Fsp3) is 0.938. The molecule has 1 atom stereocenters. The van der Waals surface area contributed by atoms with Crippen LogP contribution in [0.25, 0.3) is 0 Å². The van der Waals surface area contributed by atoms with Crippen molar-refractivity contribution in [3.8, 4) is 0 Å². The van der Waals surface area contributed by atoms with Crippen LogP contribution >= 0.6 is 0 Å². The number of likely N-dealkylation sites (tertiary alicyclic amines) is 1. The Morgan fingerprint density at radius 1 is 1.25 bits per heavy atom. The van der Waals surface area contributed by atoms with Crippen LogP contribution in [0, 0.1) is 11.8 Å². The van der Waals surface area contributed by atoms with Crippen LogP contribution in [0.4, 0.5) is 0 Å². The minimum atomic E-state index is -0.115. The van der Waals surface area contributed by atoms with Crippen molar-refractivity contribution < 1.29 is 9.53 Å². The Hall–Kier alpha value is -0.610. The van der Waals surface area contributed by atoms with Gasteiger partial charge in [-0.25, -0.2) is 0 Å². The lowest BCUT2D eigenvalue weighted by Gasteiger charge is -2.34. The number of carbonyl (C=O) groups excluding carboxylic acids is 1. The van der Waals surface area contributed by atoms with Crippen LogP contribution in [0.5, 0.6) is 0 Å². The molecule has 1 saturated heterocycles. The lowest BCUT2D eigenvalue weighted by molar-refractivity contribution is -0.143. The van der Waals surface area contributed by atoms with E-state index in [1.54, 1.807) is 0 Å². The Morgan fingerprint density at radius 2 is 1.90 bits per heavy atom. The summed E-state index contributed by atoms with van der Waals surface area (Å²) in [6.07, 6.45) is 5.88. The lowest BCUT2D eigenvalue weighted by Crippen LogP contribution is -2.43. The lowest BCUT2D eigenvalue weighted by atomic mass is 9.86. The van der Waals surface area contributed by atoms with Gasteiger partial charge in [-0.05, 0) is 57.0 Å². The van der Waals surface area contributed by atoms with Crippen molar-refractivity contribution in [1.82, 2.24) is 10.2 Å². The number of hydrogen-bond donors (Lipinski definition) is 1. The second kappa shape index (κ2) is 7.41. The number of rotatable bonds is 7. The molecule has 116 valence electrons. The maximum absolute atomic E-state index is 11.8. The van der Waals surface area contributed by atoms with Gasteiger partial charge in [0.2, 0.25) is 0 Å². The Kier molecular flexibility index (Phi) is 5.85. The number of esters is 1. The third kappa shape index (κ3) is 4.74. The molecule has 0 amide bonds. The summed E-state index contributed by atoms with van der Waals surface area (Å²) in [5, 5.41) is 3.41. The summed E-state index contributed by atoms with van der Waals surface area (Å²) in [5.74, 6) is 1.58. The van der Waals surface area contributed by atoms with Gasteiger partial charge in [0.1, 0.15) is 6.04 Å². The predicted molar refractivity (Wildman–Crippen MR) is 80.6 cm³/mol. The highest BCUT2D eigenvalue weighted by Gasteiger charge is 2.29. The van der Waals surface area contributed by atoms with E-state index >= 15 is 0 Å². The molecule has 1 saturated carbocycles. The number of ether oxygens (including phenoxy) is 1. The molecule has 4 nitrogen and oxygen atoms in total. The molecule has 0 aromatic carbocycles. The van der Waals surface area contributed by atoms with Crippen LogP contribution in [0.3, 0.4) is 0 Å². The fourth-order valence-electron chi connectivity index (χ4n) is 3.10. The number of methoxy groups -OCH3 is 1. The summed E-state index contributed by atoms with van der Waals surface area (Å²) in [7, 11) is 1.48. The molecule has 4 heteroatoms. The zero-order valence-electron chi connectivity index (χ0n) is 13.2. The summed E-state index contributed by atoms with van der Waals surface area (Å²) in [6.45, 7) is 8.02. The SMILES string of the molecule is COC(=O)C(CCN1CCC(C(C)C)CC1)NC1CC1. The second-order valence-electron chi connectivity index (χ2n) is 6.73. The molecule has 1 unspecified atom stereocenters. The molecule has 2 aliphatic rings. The first-order valence-corrected chi connectivity index (χ1v) is 8.16. The van der Waals surface area contributed by atoms with E-state index in [1.165, 1.54) is 45.9 Å². The average Bonchev–Trinajstić information content (AvgIpc) is 3.27. The largest absolute Gasteiger partial charge is 0.468 e. The van der Waals surface area contributed by atoms with Crippen molar-refractivity contribution in [3.05, 3.63) is 0 Å². The van der Waals surface area contributed by atoms with Crippen molar-refractivity contribution in [2.24, 2.45) is 11.8 Å². The smallest absolute Gasteiger partial charge is 0.322 e. The summed E-state index contributed by atoms with van der Waals surface area (Å²) in [6, 6.07) is 0.432. The highest BCUT2D eigenvalue weighted by atomic mass is 16.5. The fourth-order valence-corrected chi connectivity index (χ4v) is 3.10. The zero-order valence-corrected chi connectivity index (χ0v) is 13.2. The van der Waals surface area contributed by atoms with Crippen LogP contribution < -0.4 is 5.32 Å². The van der Waals surface area contributed by atoms with Crippen molar-refractivity contribution in [2.45, 2.75) is 58.0 Å². The number of piperidine rings is 1. The van der Waals surface area contributed by atoms with E-state index in [1.807, 2.05) is 0 Å². The topological polar surface area (TPSA) is 41.6 Å². The van der Waals surface area contributed by atoms with E-state index in [-0.39, 0.29) is 12.0 Å². The number of hydrogen-bond acceptors (Lipinski definition) is 4. The van der Waals surface area contributed by atoms with Crippen LogP contribution in [0.2, 0.25) is 0 Å². The second-order valence-corrected chi connectivity index (χ2v) is 6.73. The first-order valence-electron chi connectivity index (χ1n) is 8.16. The van der Waals surface area contributed by atoms with Crippen molar-refractivity contribution in [3.63, 3.8) is 0 Å². The predicted octanol–water partition coefficient (Wildman–Crippen LogP) is 2.04. The van der Waals surface area contributed by atoms with Gasteiger partial charge in [0.25, 0.3) is 0 Å². The van der Waals surface area contributed by atoms with Crippen molar-refractivity contribution in [1.29, 1.82) is 0 Å². The Labute approximate surface area is 123 Å². The standard InChI is InChI=1S/C16H30N2O2/c1-12(2)13-6-9-18(10-7-13)11-8-15(16(19)20-3)17-14-4-5-14/h12-15,17H,4-11H2,1-3H3. The van der Waals surface area contributed by atoms with Crippen molar-refractivity contribution in [2.75, 3.05) is 26.7 Å². The highest BCUT2D eigenvalue weighted by molar-refractivity contribution is 5.75. The molecular weight excluding hydrogens is 252 g/mol. The summed E-state index contributed by atoms with van der Waals surface area (Å²) in [4.78, 5) is 14.3. The number of nitrogens with zero attached hydrogens (tertiary/aromatic N) is 1. The number of carbonyl (C=O) groups is 1. The summed E-state index contributed by atoms with van der Waals surface area (Å²) >= 11 is 0. The van der Waals surface area contributed by atoms with Crippen LogP contribution in [0.1, 0.15) is 46.0 Å². The van der Waals surface area contributed by atoms with E-state index in [0.717, 1.165) is 24.8 Å². The first-order chi connectivity index (χ1) is 9.60. The molecule has 0 spiro atoms. The van der Waals surface area contributed by atoms with E-state index in [4.69, 9.17) is 4.74 Å². The third-order valence-electron chi connectivity index (χ3n) is 4.81. The summed E-state index contributed by atoms with van der Waals surface area (Å²) in [5.41, 5.74) is 0. The molecule has 1 heterocycles. The molecule has 0 aromatic heterocycles. The van der Waals surface area contributed by atoms with Crippen LogP contribution in [-0.4, -0.2) is 49.7 Å². The quantitative estimate of drug-likeness (QED) is 0.726. The molecule has 2 fully saturated rings. The monoisotopic (exact) mass is 282 g/mol. The van der Waals surface area contributed by atoms with Gasteiger partial charge in [-0.2, -0.15) is 0 Å². The van der Waals surface area contributed by atoms with Gasteiger partial charge in [-0.1, -0.05) is 13.8 Å². The summed E-state index contributed by atoms with van der Waals surface area (Å²) < 4.78 is 4.91. The molecule has 0 radical (unpaired) electrons. The van der Waals surface area contributed by atoms with E-state index in [2.05, 4.69) is 24.1 Å². The van der Waals surface area contributed by atoms with E-state index in [0.29, 0.717) is 6.04 Å². The van der Waals surface area contributed by atoms with Gasteiger partial charge < -0.3 is 15.0 Å². The zero-order chi connectivity index (χ0) is 14.5. The molecule has 1 aliphatic carbocycles. The maximum Gasteiger partial charge on any atom is 0.322 e. The average molecular weight is 282 g/mol. The Bertz CT molecular complexity index is 308. The van der Waals surface area contributed by atoms with Crippen LogP contribution in [0.15, 0.2) is 0 Å². The van der Waals surface area contributed by atoms with Gasteiger partial charge in [0.05, 0.1) is 7.11 Å². The van der Waals surface area contributed by atoms with Gasteiger partial charge in [-0.15, -0.1) is 0 Å². The van der Waals surface area contributed by atoms with Gasteiger partial charge in [0, 0.05) is 12.6 Å². The normalized spacial score (nSPS) is 23.0. The molecule has 1 aliphatic heterocycles. The van der Waals surface area contributed by atoms with Gasteiger partial charge >= 0.3 is 5.97 Å². The minimum absolute atomic E-state index is 0.103. The molecule has 0 bridgehead atoms. The Balaban J connectivity index is 1.71. The van der Waals surface area contributed by atoms with E-state index in [9.17, 15) is 4.79 Å². The minimum Gasteiger partial charge on any atom is -0.468 e. The number of nitrogens with one attached hydrogen (secondary N) is 1. The Morgan fingerprint density at radius 3 is 2.40 bits per heavy atom. The van der Waals surface area contributed by atoms with Gasteiger partial charge in [0.15, 0.2) is 0 Å². The van der Waals surface area contributed by atoms with Crippen LogP contribution in [-0.2, 0) is 9.53 Å². The molecular formula is C16H30N2O2.